The standard InChI is InChI=1S/C25H22FN5O2S/c26-18-9-4-5-10-19(18)29-12-14-30(15-13-29)21(17-7-2-1-3-8-17)22-24(32)31-25(34-22)27-23(28-31)20-11-6-16-33-20/h1-11,16,21,32H,12-15H2/t21-/m0/s1. The van der Waals surface area contributed by atoms with Gasteiger partial charge in [0, 0.05) is 26.2 Å². The number of piperazine rings is 1. The molecule has 7 nitrogen and oxygen atoms in total. The van der Waals surface area contributed by atoms with E-state index in [9.17, 15) is 9.50 Å². The van der Waals surface area contributed by atoms with Gasteiger partial charge in [-0.1, -0.05) is 53.8 Å². The Morgan fingerprint density at radius 1 is 0.941 bits per heavy atom. The van der Waals surface area contributed by atoms with Crippen LogP contribution >= 0.6 is 11.3 Å². The van der Waals surface area contributed by atoms with Gasteiger partial charge in [-0.15, -0.1) is 5.10 Å². The van der Waals surface area contributed by atoms with Gasteiger partial charge in [0.1, 0.15) is 5.82 Å². The minimum Gasteiger partial charge on any atom is -0.492 e. The van der Waals surface area contributed by atoms with E-state index in [4.69, 9.17) is 4.42 Å². The van der Waals surface area contributed by atoms with Crippen molar-refractivity contribution in [1.82, 2.24) is 19.5 Å². The Morgan fingerprint density at radius 3 is 2.41 bits per heavy atom. The maximum atomic E-state index is 14.3. The van der Waals surface area contributed by atoms with Crippen molar-refractivity contribution in [1.29, 1.82) is 0 Å². The predicted octanol–water partition coefficient (Wildman–Crippen LogP) is 4.81. The second kappa shape index (κ2) is 8.58. The number of fused-ring (bicyclic) bond motifs is 1. The number of nitrogens with zero attached hydrogens (tertiary/aromatic N) is 5. The van der Waals surface area contributed by atoms with E-state index in [2.05, 4.69) is 32.0 Å². The molecule has 0 unspecified atom stereocenters. The molecular formula is C25H22FN5O2S. The fourth-order valence-corrected chi connectivity index (χ4v) is 5.65. The van der Waals surface area contributed by atoms with Gasteiger partial charge in [-0.3, -0.25) is 4.90 Å². The minimum atomic E-state index is -0.203. The van der Waals surface area contributed by atoms with Crippen LogP contribution in [0.2, 0.25) is 0 Å². The first kappa shape index (κ1) is 20.9. The zero-order chi connectivity index (χ0) is 23.1. The Morgan fingerprint density at radius 2 is 1.71 bits per heavy atom. The predicted molar refractivity (Wildman–Crippen MR) is 129 cm³/mol. The molecule has 1 fully saturated rings. The van der Waals surface area contributed by atoms with Crippen LogP contribution in [0.5, 0.6) is 5.88 Å². The van der Waals surface area contributed by atoms with E-state index >= 15 is 0 Å². The van der Waals surface area contributed by atoms with Crippen LogP contribution in [0.15, 0.2) is 77.4 Å². The highest BCUT2D eigenvalue weighted by Crippen LogP contribution is 2.41. The lowest BCUT2D eigenvalue weighted by Gasteiger charge is -2.40. The second-order valence-corrected chi connectivity index (χ2v) is 9.19. The summed E-state index contributed by atoms with van der Waals surface area (Å²) in [5, 5.41) is 15.6. The molecule has 1 N–H and O–H groups in total. The molecule has 0 saturated carbocycles. The molecular weight excluding hydrogens is 453 g/mol. The van der Waals surface area contributed by atoms with E-state index in [1.54, 1.807) is 24.5 Å². The van der Waals surface area contributed by atoms with Crippen LogP contribution in [0, 0.1) is 5.82 Å². The van der Waals surface area contributed by atoms with E-state index < -0.39 is 0 Å². The summed E-state index contributed by atoms with van der Waals surface area (Å²) in [6.07, 6.45) is 1.57. The molecule has 0 spiro atoms. The van der Waals surface area contributed by atoms with E-state index in [-0.39, 0.29) is 17.7 Å². The van der Waals surface area contributed by atoms with Crippen LogP contribution < -0.4 is 4.90 Å². The molecule has 2 aromatic carbocycles. The van der Waals surface area contributed by atoms with Crippen LogP contribution in [0.1, 0.15) is 16.5 Å². The SMILES string of the molecule is Oc1c([C@H](c2ccccc2)N2CCN(c3ccccc3F)CC2)sc2nc(-c3ccco3)nn12. The number of para-hydroxylation sites is 1. The zero-order valence-electron chi connectivity index (χ0n) is 18.2. The average Bonchev–Trinajstić information content (AvgIpc) is 3.60. The molecule has 1 aliphatic rings. The van der Waals surface area contributed by atoms with Crippen molar-refractivity contribution in [2.45, 2.75) is 6.04 Å². The molecule has 1 atom stereocenters. The van der Waals surface area contributed by atoms with Gasteiger partial charge in [0.05, 0.1) is 22.9 Å². The third-order valence-electron chi connectivity index (χ3n) is 6.18. The minimum absolute atomic E-state index is 0.0793. The highest BCUT2D eigenvalue weighted by atomic mass is 32.1. The van der Waals surface area contributed by atoms with Gasteiger partial charge < -0.3 is 14.4 Å². The Balaban J connectivity index is 1.33. The number of hydrogen-bond acceptors (Lipinski definition) is 7. The summed E-state index contributed by atoms with van der Waals surface area (Å²) in [6.45, 7) is 2.82. The normalized spacial score (nSPS) is 15.7. The van der Waals surface area contributed by atoms with Crippen molar-refractivity contribution >= 4 is 22.0 Å². The van der Waals surface area contributed by atoms with Gasteiger partial charge in [-0.2, -0.15) is 9.50 Å². The molecule has 6 rings (SSSR count). The van der Waals surface area contributed by atoms with Crippen LogP contribution in [-0.4, -0.2) is 50.8 Å². The number of aromatic hydroxyl groups is 1. The van der Waals surface area contributed by atoms with Crippen molar-refractivity contribution in [3.8, 4) is 17.5 Å². The Bertz CT molecular complexity index is 1410. The molecule has 0 bridgehead atoms. The van der Waals surface area contributed by atoms with Crippen LogP contribution in [-0.2, 0) is 0 Å². The van der Waals surface area contributed by atoms with Crippen LogP contribution in [0.3, 0.4) is 0 Å². The first-order valence-electron chi connectivity index (χ1n) is 11.1. The molecule has 3 aromatic heterocycles. The molecule has 0 aliphatic carbocycles. The maximum Gasteiger partial charge on any atom is 0.230 e. The zero-order valence-corrected chi connectivity index (χ0v) is 19.0. The van der Waals surface area contributed by atoms with Crippen molar-refractivity contribution in [2.24, 2.45) is 0 Å². The topological polar surface area (TPSA) is 70.0 Å². The van der Waals surface area contributed by atoms with Gasteiger partial charge in [0.2, 0.25) is 16.7 Å². The molecule has 34 heavy (non-hydrogen) atoms. The summed E-state index contributed by atoms with van der Waals surface area (Å²) in [5.74, 6) is 0.871. The highest BCUT2D eigenvalue weighted by molar-refractivity contribution is 7.17. The van der Waals surface area contributed by atoms with Crippen molar-refractivity contribution in [3.63, 3.8) is 0 Å². The monoisotopic (exact) mass is 475 g/mol. The fourth-order valence-electron chi connectivity index (χ4n) is 4.53. The van der Waals surface area contributed by atoms with Gasteiger partial charge in [0.15, 0.2) is 5.76 Å². The number of rotatable bonds is 5. The molecule has 9 heteroatoms. The average molecular weight is 476 g/mol. The molecule has 4 heterocycles. The summed E-state index contributed by atoms with van der Waals surface area (Å²) < 4.78 is 21.2. The second-order valence-electron chi connectivity index (χ2n) is 8.18. The molecule has 1 saturated heterocycles. The van der Waals surface area contributed by atoms with Gasteiger partial charge in [0.25, 0.3) is 0 Å². The van der Waals surface area contributed by atoms with Crippen molar-refractivity contribution in [3.05, 3.63) is 89.3 Å². The third-order valence-corrected chi connectivity index (χ3v) is 7.25. The summed E-state index contributed by atoms with van der Waals surface area (Å²) in [6, 6.07) is 20.4. The summed E-state index contributed by atoms with van der Waals surface area (Å²) in [4.78, 5) is 10.4. The Hall–Kier alpha value is -3.69. The first-order valence-corrected chi connectivity index (χ1v) is 11.9. The maximum absolute atomic E-state index is 14.3. The molecule has 0 radical (unpaired) electrons. The van der Waals surface area contributed by atoms with Crippen molar-refractivity contribution < 1.29 is 13.9 Å². The lowest BCUT2D eigenvalue weighted by molar-refractivity contribution is 0.210. The summed E-state index contributed by atoms with van der Waals surface area (Å²) in [5.41, 5.74) is 1.71. The van der Waals surface area contributed by atoms with Gasteiger partial charge >= 0.3 is 0 Å². The number of aromatic nitrogens is 3. The van der Waals surface area contributed by atoms with E-state index in [1.807, 2.05) is 30.3 Å². The largest absolute Gasteiger partial charge is 0.492 e. The van der Waals surface area contributed by atoms with Crippen LogP contribution in [0.25, 0.3) is 16.5 Å². The number of hydrogen-bond donors (Lipinski definition) is 1. The summed E-state index contributed by atoms with van der Waals surface area (Å²) >= 11 is 1.42. The Kier molecular flexibility index (Phi) is 5.27. The number of thiazole rings is 1. The number of anilines is 1. The number of halogens is 1. The first-order chi connectivity index (χ1) is 16.7. The van der Waals surface area contributed by atoms with E-state index in [0.29, 0.717) is 35.3 Å². The lowest BCUT2D eigenvalue weighted by Crippen LogP contribution is -2.48. The molecule has 0 amide bonds. The van der Waals surface area contributed by atoms with Crippen LogP contribution in [0.4, 0.5) is 10.1 Å². The quantitative estimate of drug-likeness (QED) is 0.394. The molecule has 5 aromatic rings. The fraction of sp³-hybridized carbons (Fsp3) is 0.200. The number of furan rings is 1. The number of benzene rings is 2. The lowest BCUT2D eigenvalue weighted by atomic mass is 10.0. The smallest absolute Gasteiger partial charge is 0.230 e. The molecule has 172 valence electrons. The van der Waals surface area contributed by atoms with Crippen molar-refractivity contribution in [2.75, 3.05) is 31.1 Å². The highest BCUT2D eigenvalue weighted by Gasteiger charge is 2.32. The molecule has 1 aliphatic heterocycles. The third kappa shape index (κ3) is 3.63. The van der Waals surface area contributed by atoms with E-state index in [0.717, 1.165) is 23.5 Å². The Labute approximate surface area is 199 Å². The summed E-state index contributed by atoms with van der Waals surface area (Å²) in [7, 11) is 0. The van der Waals surface area contributed by atoms with E-state index in [1.165, 1.54) is 21.9 Å². The van der Waals surface area contributed by atoms with Gasteiger partial charge in [-0.05, 0) is 29.8 Å². The van der Waals surface area contributed by atoms with Gasteiger partial charge in [-0.25, -0.2) is 4.39 Å².